The van der Waals surface area contributed by atoms with E-state index in [-0.39, 0.29) is 5.91 Å². The Morgan fingerprint density at radius 3 is 2.60 bits per heavy atom. The number of aliphatic carboxylic acids is 1. The normalized spacial score (nSPS) is 20.1. The average Bonchev–Trinajstić information content (AvgIpc) is 3.25. The summed E-state index contributed by atoms with van der Waals surface area (Å²) in [4.78, 5) is 22.5. The highest BCUT2D eigenvalue weighted by atomic mass is 16.5. The maximum absolute atomic E-state index is 11.8. The van der Waals surface area contributed by atoms with Gasteiger partial charge in [-0.15, -0.1) is 0 Å². The molecule has 6 heteroatoms. The Balaban J connectivity index is 1.94. The summed E-state index contributed by atoms with van der Waals surface area (Å²) in [5.41, 5.74) is 0.814. The van der Waals surface area contributed by atoms with Crippen LogP contribution >= 0.6 is 0 Å². The summed E-state index contributed by atoms with van der Waals surface area (Å²) in [6, 6.07) is 5.32. The number of methoxy groups -OCH3 is 2. The molecule has 6 nitrogen and oxygen atoms in total. The molecule has 0 bridgehead atoms. The van der Waals surface area contributed by atoms with Gasteiger partial charge >= 0.3 is 5.97 Å². The highest BCUT2D eigenvalue weighted by molar-refractivity contribution is 5.89. The smallest absolute Gasteiger partial charge is 0.307 e. The van der Waals surface area contributed by atoms with Gasteiger partial charge in [0.2, 0.25) is 5.91 Å². The molecule has 0 heterocycles. The molecular formula is C14H17NO5. The zero-order valence-corrected chi connectivity index (χ0v) is 11.4. The molecule has 2 rings (SSSR count). The van der Waals surface area contributed by atoms with Crippen molar-refractivity contribution in [2.45, 2.75) is 13.0 Å². The highest BCUT2D eigenvalue weighted by Gasteiger charge is 2.48. The number of hydrogen-bond acceptors (Lipinski definition) is 4. The summed E-state index contributed by atoms with van der Waals surface area (Å²) >= 11 is 0. The first kappa shape index (κ1) is 14.2. The number of hydrogen-bond donors (Lipinski definition) is 2. The van der Waals surface area contributed by atoms with Gasteiger partial charge in [0, 0.05) is 18.2 Å². The quantitative estimate of drug-likeness (QED) is 0.812. The van der Waals surface area contributed by atoms with E-state index in [0.29, 0.717) is 24.5 Å². The van der Waals surface area contributed by atoms with Gasteiger partial charge in [0.25, 0.3) is 0 Å². The molecule has 1 aromatic rings. The topological polar surface area (TPSA) is 84.9 Å². The van der Waals surface area contributed by atoms with Crippen LogP contribution in [0, 0.1) is 11.8 Å². The van der Waals surface area contributed by atoms with Crippen LogP contribution in [-0.2, 0) is 16.1 Å². The second-order valence-corrected chi connectivity index (χ2v) is 4.68. The molecule has 1 aliphatic carbocycles. The molecule has 0 radical (unpaired) electrons. The number of rotatable bonds is 6. The van der Waals surface area contributed by atoms with Gasteiger partial charge in [-0.25, -0.2) is 0 Å². The molecule has 2 atom stereocenters. The Morgan fingerprint density at radius 2 is 2.05 bits per heavy atom. The van der Waals surface area contributed by atoms with Gasteiger partial charge in [0.1, 0.15) is 11.5 Å². The molecule has 1 aliphatic rings. The first-order valence-corrected chi connectivity index (χ1v) is 6.28. The number of carboxylic acids is 1. The van der Waals surface area contributed by atoms with Crippen molar-refractivity contribution in [2.24, 2.45) is 11.8 Å². The minimum atomic E-state index is -0.910. The summed E-state index contributed by atoms with van der Waals surface area (Å²) in [6.45, 7) is 0.300. The number of carboxylic acid groups (broad SMARTS) is 1. The van der Waals surface area contributed by atoms with Crippen LogP contribution in [0.15, 0.2) is 18.2 Å². The average molecular weight is 279 g/mol. The summed E-state index contributed by atoms with van der Waals surface area (Å²) in [7, 11) is 3.11. The van der Waals surface area contributed by atoms with E-state index in [1.165, 1.54) is 0 Å². The number of benzene rings is 1. The van der Waals surface area contributed by atoms with Crippen molar-refractivity contribution >= 4 is 11.9 Å². The molecule has 108 valence electrons. The Kier molecular flexibility index (Phi) is 4.12. The Labute approximate surface area is 116 Å². The van der Waals surface area contributed by atoms with Crippen LogP contribution in [0.3, 0.4) is 0 Å². The van der Waals surface area contributed by atoms with Crippen molar-refractivity contribution in [1.29, 1.82) is 0 Å². The maximum Gasteiger partial charge on any atom is 0.307 e. The van der Waals surface area contributed by atoms with Crippen LogP contribution in [0.5, 0.6) is 11.5 Å². The molecule has 2 N–H and O–H groups in total. The Morgan fingerprint density at radius 1 is 1.30 bits per heavy atom. The lowest BCUT2D eigenvalue weighted by Gasteiger charge is -2.11. The first-order chi connectivity index (χ1) is 9.56. The van der Waals surface area contributed by atoms with E-state index in [2.05, 4.69) is 5.32 Å². The molecule has 0 aromatic heterocycles. The summed E-state index contributed by atoms with van der Waals surface area (Å²) in [5.74, 6) is -0.785. The van der Waals surface area contributed by atoms with Crippen molar-refractivity contribution in [3.8, 4) is 11.5 Å². The molecule has 2 unspecified atom stereocenters. The van der Waals surface area contributed by atoms with Gasteiger partial charge in [0.05, 0.1) is 26.1 Å². The molecule has 1 fully saturated rings. The minimum Gasteiger partial charge on any atom is -0.497 e. The van der Waals surface area contributed by atoms with E-state index >= 15 is 0 Å². The SMILES string of the molecule is COc1ccc(CNC(=O)C2CC2C(=O)O)c(OC)c1. The van der Waals surface area contributed by atoms with Crippen molar-refractivity contribution in [3.05, 3.63) is 23.8 Å². The van der Waals surface area contributed by atoms with Crippen LogP contribution < -0.4 is 14.8 Å². The Hall–Kier alpha value is -2.24. The van der Waals surface area contributed by atoms with E-state index in [1.807, 2.05) is 0 Å². The fourth-order valence-corrected chi connectivity index (χ4v) is 2.07. The standard InChI is InChI=1S/C14H17NO5/c1-19-9-4-3-8(12(5-9)20-2)7-15-13(16)10-6-11(10)14(17)18/h3-5,10-11H,6-7H2,1-2H3,(H,15,16)(H,17,18). The van der Waals surface area contributed by atoms with Crippen LogP contribution in [-0.4, -0.2) is 31.2 Å². The van der Waals surface area contributed by atoms with Crippen molar-refractivity contribution in [1.82, 2.24) is 5.32 Å². The van der Waals surface area contributed by atoms with Crippen LogP contribution in [0.1, 0.15) is 12.0 Å². The zero-order chi connectivity index (χ0) is 14.7. The lowest BCUT2D eigenvalue weighted by atomic mass is 10.2. The number of carbonyl (C=O) groups is 2. The van der Waals surface area contributed by atoms with E-state index in [1.54, 1.807) is 32.4 Å². The first-order valence-electron chi connectivity index (χ1n) is 6.28. The predicted octanol–water partition coefficient (Wildman–Crippen LogP) is 1.04. The molecule has 0 spiro atoms. The molecule has 0 saturated heterocycles. The van der Waals surface area contributed by atoms with Crippen LogP contribution in [0.25, 0.3) is 0 Å². The summed E-state index contributed by atoms with van der Waals surface area (Å²) in [6.07, 6.45) is 0.418. The number of carbonyl (C=O) groups excluding carboxylic acids is 1. The van der Waals surface area contributed by atoms with E-state index in [0.717, 1.165) is 5.56 Å². The lowest BCUT2D eigenvalue weighted by molar-refractivity contribution is -0.140. The fraction of sp³-hybridized carbons (Fsp3) is 0.429. The van der Waals surface area contributed by atoms with E-state index < -0.39 is 17.8 Å². The molecule has 0 aliphatic heterocycles. The summed E-state index contributed by atoms with van der Waals surface area (Å²) < 4.78 is 10.3. The van der Waals surface area contributed by atoms with Crippen molar-refractivity contribution in [2.75, 3.05) is 14.2 Å². The van der Waals surface area contributed by atoms with Crippen LogP contribution in [0.2, 0.25) is 0 Å². The van der Waals surface area contributed by atoms with Crippen molar-refractivity contribution < 1.29 is 24.2 Å². The third-order valence-electron chi connectivity index (χ3n) is 3.39. The molecule has 1 aromatic carbocycles. The van der Waals surface area contributed by atoms with Gasteiger partial charge in [-0.2, -0.15) is 0 Å². The lowest BCUT2D eigenvalue weighted by Crippen LogP contribution is -2.26. The number of amides is 1. The Bertz CT molecular complexity index is 528. The molecule has 1 amide bonds. The minimum absolute atomic E-state index is 0.227. The van der Waals surface area contributed by atoms with E-state index in [4.69, 9.17) is 14.6 Å². The number of ether oxygens (including phenoxy) is 2. The predicted molar refractivity (Wildman–Crippen MR) is 70.6 cm³/mol. The zero-order valence-electron chi connectivity index (χ0n) is 11.4. The van der Waals surface area contributed by atoms with Gasteiger partial charge in [0.15, 0.2) is 0 Å². The van der Waals surface area contributed by atoms with Gasteiger partial charge < -0.3 is 19.9 Å². The largest absolute Gasteiger partial charge is 0.497 e. The molecular weight excluding hydrogens is 262 g/mol. The highest BCUT2D eigenvalue weighted by Crippen LogP contribution is 2.38. The third-order valence-corrected chi connectivity index (χ3v) is 3.39. The molecule has 20 heavy (non-hydrogen) atoms. The van der Waals surface area contributed by atoms with Gasteiger partial charge in [-0.1, -0.05) is 0 Å². The van der Waals surface area contributed by atoms with Crippen LogP contribution in [0.4, 0.5) is 0 Å². The monoisotopic (exact) mass is 279 g/mol. The number of nitrogens with one attached hydrogen (secondary N) is 1. The maximum atomic E-state index is 11.8. The van der Waals surface area contributed by atoms with Gasteiger partial charge in [-0.3, -0.25) is 9.59 Å². The third kappa shape index (κ3) is 3.01. The second-order valence-electron chi connectivity index (χ2n) is 4.68. The van der Waals surface area contributed by atoms with E-state index in [9.17, 15) is 9.59 Å². The van der Waals surface area contributed by atoms with Gasteiger partial charge in [-0.05, 0) is 18.6 Å². The van der Waals surface area contributed by atoms with Crippen molar-refractivity contribution in [3.63, 3.8) is 0 Å². The fourth-order valence-electron chi connectivity index (χ4n) is 2.07. The second kappa shape index (κ2) is 5.81. The molecule has 1 saturated carbocycles. The summed E-state index contributed by atoms with van der Waals surface area (Å²) in [5, 5.41) is 11.5.